The third kappa shape index (κ3) is 6.09. The fourth-order valence-corrected chi connectivity index (χ4v) is 4.25. The number of methoxy groups -OCH3 is 2. The number of hydrogen-bond donors (Lipinski definition) is 1. The van der Waals surface area contributed by atoms with Gasteiger partial charge in [-0.2, -0.15) is 0 Å². The Hall–Kier alpha value is -2.83. The largest absolute Gasteiger partial charge is 0.504 e. The number of esters is 1. The lowest BCUT2D eigenvalue weighted by molar-refractivity contribution is -0.147. The molecule has 0 aliphatic rings. The van der Waals surface area contributed by atoms with Crippen molar-refractivity contribution in [2.75, 3.05) is 14.2 Å². The second-order valence-electron chi connectivity index (χ2n) is 7.25. The van der Waals surface area contributed by atoms with Crippen LogP contribution in [0.3, 0.4) is 0 Å². The number of halogens is 1. The number of ether oxygens (including phenoxy) is 2. The van der Waals surface area contributed by atoms with Gasteiger partial charge >= 0.3 is 5.97 Å². The molecule has 0 saturated heterocycles. The van der Waals surface area contributed by atoms with Crippen molar-refractivity contribution in [2.45, 2.75) is 25.6 Å². The molecule has 3 aromatic carbocycles. The van der Waals surface area contributed by atoms with Crippen LogP contribution in [0.4, 0.5) is 0 Å². The summed E-state index contributed by atoms with van der Waals surface area (Å²) >= 11 is 3.43. The van der Waals surface area contributed by atoms with E-state index in [0.29, 0.717) is 29.7 Å². The number of aromatic hydroxyl groups is 1. The summed E-state index contributed by atoms with van der Waals surface area (Å²) in [5.74, 6) is 0.0650. The van der Waals surface area contributed by atoms with Crippen LogP contribution in [0.25, 0.3) is 0 Å². The Kier molecular flexibility index (Phi) is 8.09. The Balaban J connectivity index is 1.95. The summed E-state index contributed by atoms with van der Waals surface area (Å²) in [7, 11) is 2.90. The topological polar surface area (TPSA) is 59.0 Å². The Morgan fingerprint density at radius 1 is 0.935 bits per heavy atom. The number of carbonyl (C=O) groups excluding carboxylic acids is 1. The van der Waals surface area contributed by atoms with Crippen LogP contribution in [-0.4, -0.2) is 36.2 Å². The minimum Gasteiger partial charge on any atom is -0.504 e. The number of phenols is 1. The highest BCUT2D eigenvalue weighted by Gasteiger charge is 2.28. The molecule has 0 radical (unpaired) electrons. The summed E-state index contributed by atoms with van der Waals surface area (Å²) in [6.45, 7) is 1.16. The first kappa shape index (κ1) is 22.8. The average Bonchev–Trinajstić information content (AvgIpc) is 2.78. The van der Waals surface area contributed by atoms with E-state index in [-0.39, 0.29) is 11.7 Å². The molecule has 0 heterocycles. The lowest BCUT2D eigenvalue weighted by Gasteiger charge is -2.30. The van der Waals surface area contributed by atoms with Crippen molar-refractivity contribution < 1.29 is 19.4 Å². The molecule has 0 aliphatic heterocycles. The standard InChI is InChI=1S/C25H26BrNO4/c1-30-24-21(26)13-20(15-23(24)28)14-22(25(29)31-2)27(16-18-9-5-3-6-10-18)17-19-11-7-4-8-12-19/h3-13,15,22,28H,14,16-17H2,1-2H3/t22-/m0/s1. The fraction of sp³-hybridized carbons (Fsp3) is 0.240. The lowest BCUT2D eigenvalue weighted by Crippen LogP contribution is -2.42. The van der Waals surface area contributed by atoms with Gasteiger partial charge in [0, 0.05) is 13.1 Å². The lowest BCUT2D eigenvalue weighted by atomic mass is 10.0. The molecule has 1 N–H and O–H groups in total. The number of phenolic OH excluding ortho intramolecular Hbond substituents is 1. The van der Waals surface area contributed by atoms with Crippen molar-refractivity contribution in [3.8, 4) is 11.5 Å². The summed E-state index contributed by atoms with van der Waals surface area (Å²) < 4.78 is 11.0. The van der Waals surface area contributed by atoms with Gasteiger partial charge in [0.1, 0.15) is 6.04 Å². The Bertz CT molecular complexity index is 930. The highest BCUT2D eigenvalue weighted by atomic mass is 79.9. The second-order valence-corrected chi connectivity index (χ2v) is 8.10. The van der Waals surface area contributed by atoms with E-state index in [0.717, 1.165) is 16.7 Å². The van der Waals surface area contributed by atoms with Gasteiger partial charge < -0.3 is 14.6 Å². The van der Waals surface area contributed by atoms with E-state index in [2.05, 4.69) is 20.8 Å². The number of benzene rings is 3. The summed E-state index contributed by atoms with van der Waals surface area (Å²) in [6.07, 6.45) is 0.377. The summed E-state index contributed by atoms with van der Waals surface area (Å²) in [5, 5.41) is 10.3. The van der Waals surface area contributed by atoms with Gasteiger partial charge in [-0.05, 0) is 51.2 Å². The molecule has 1 atom stereocenters. The van der Waals surface area contributed by atoms with Gasteiger partial charge in [-0.15, -0.1) is 0 Å². The third-order valence-corrected chi connectivity index (χ3v) is 5.68. The first-order valence-electron chi connectivity index (χ1n) is 9.97. The first-order valence-corrected chi connectivity index (χ1v) is 10.8. The molecule has 0 aliphatic carbocycles. The van der Waals surface area contributed by atoms with Gasteiger partial charge in [-0.1, -0.05) is 60.7 Å². The van der Waals surface area contributed by atoms with Crippen molar-refractivity contribution in [1.82, 2.24) is 4.90 Å². The van der Waals surface area contributed by atoms with Crippen LogP contribution in [-0.2, 0) is 29.0 Å². The van der Waals surface area contributed by atoms with Gasteiger partial charge in [0.05, 0.1) is 18.7 Å². The van der Waals surface area contributed by atoms with Crippen molar-refractivity contribution in [3.63, 3.8) is 0 Å². The molecule has 0 unspecified atom stereocenters. The van der Waals surface area contributed by atoms with E-state index in [1.54, 1.807) is 6.07 Å². The number of carbonyl (C=O) groups is 1. The molecule has 0 spiro atoms. The predicted molar refractivity (Wildman–Crippen MR) is 124 cm³/mol. The van der Waals surface area contributed by atoms with Crippen LogP contribution in [0, 0.1) is 0 Å². The molecule has 0 saturated carbocycles. The smallest absolute Gasteiger partial charge is 0.323 e. The van der Waals surface area contributed by atoms with E-state index >= 15 is 0 Å². The minimum atomic E-state index is -0.537. The van der Waals surface area contributed by atoms with Gasteiger partial charge in [0.25, 0.3) is 0 Å². The van der Waals surface area contributed by atoms with Crippen LogP contribution in [0.2, 0.25) is 0 Å². The van der Waals surface area contributed by atoms with E-state index < -0.39 is 6.04 Å². The molecule has 3 aromatic rings. The first-order chi connectivity index (χ1) is 15.0. The quantitative estimate of drug-likeness (QED) is 0.436. The molecule has 5 nitrogen and oxygen atoms in total. The number of hydrogen-bond acceptors (Lipinski definition) is 5. The SMILES string of the molecule is COC(=O)[C@H](Cc1cc(O)c(OC)c(Br)c1)N(Cc1ccccc1)Cc1ccccc1. The molecule has 0 amide bonds. The zero-order chi connectivity index (χ0) is 22.2. The maximum atomic E-state index is 12.9. The van der Waals surface area contributed by atoms with Crippen LogP contribution in [0.1, 0.15) is 16.7 Å². The summed E-state index contributed by atoms with van der Waals surface area (Å²) in [4.78, 5) is 15.0. The summed E-state index contributed by atoms with van der Waals surface area (Å²) in [5.41, 5.74) is 3.00. The molecular weight excluding hydrogens is 458 g/mol. The molecule has 162 valence electrons. The molecule has 0 fully saturated rings. The highest BCUT2D eigenvalue weighted by molar-refractivity contribution is 9.10. The fourth-order valence-electron chi connectivity index (χ4n) is 3.59. The monoisotopic (exact) mass is 483 g/mol. The minimum absolute atomic E-state index is 0.0214. The highest BCUT2D eigenvalue weighted by Crippen LogP contribution is 2.36. The van der Waals surface area contributed by atoms with Crippen LogP contribution < -0.4 is 4.74 Å². The molecule has 0 bridgehead atoms. The zero-order valence-electron chi connectivity index (χ0n) is 17.6. The van der Waals surface area contributed by atoms with Crippen LogP contribution in [0.5, 0.6) is 11.5 Å². The van der Waals surface area contributed by atoms with Crippen LogP contribution in [0.15, 0.2) is 77.3 Å². The van der Waals surface area contributed by atoms with Gasteiger partial charge in [-0.3, -0.25) is 9.69 Å². The van der Waals surface area contributed by atoms with Crippen molar-refractivity contribution in [2.24, 2.45) is 0 Å². The molecule has 6 heteroatoms. The van der Waals surface area contributed by atoms with Crippen molar-refractivity contribution >= 4 is 21.9 Å². The molecule has 0 aromatic heterocycles. The van der Waals surface area contributed by atoms with E-state index in [9.17, 15) is 9.90 Å². The Labute approximate surface area is 191 Å². The maximum Gasteiger partial charge on any atom is 0.323 e. The van der Waals surface area contributed by atoms with E-state index in [4.69, 9.17) is 9.47 Å². The molecule has 31 heavy (non-hydrogen) atoms. The maximum absolute atomic E-state index is 12.9. The summed E-state index contributed by atoms with van der Waals surface area (Å²) in [6, 6.07) is 23.0. The zero-order valence-corrected chi connectivity index (χ0v) is 19.2. The van der Waals surface area contributed by atoms with Gasteiger partial charge in [0.15, 0.2) is 11.5 Å². The second kappa shape index (κ2) is 11.0. The predicted octanol–water partition coefficient (Wildman–Crippen LogP) is 4.95. The average molecular weight is 484 g/mol. The number of nitrogens with zero attached hydrogens (tertiary/aromatic N) is 1. The van der Waals surface area contributed by atoms with E-state index in [1.165, 1.54) is 14.2 Å². The normalized spacial score (nSPS) is 11.9. The van der Waals surface area contributed by atoms with E-state index in [1.807, 2.05) is 66.7 Å². The van der Waals surface area contributed by atoms with Crippen molar-refractivity contribution in [1.29, 1.82) is 0 Å². The number of rotatable bonds is 9. The Morgan fingerprint density at radius 2 is 1.48 bits per heavy atom. The van der Waals surface area contributed by atoms with Crippen LogP contribution >= 0.6 is 15.9 Å². The van der Waals surface area contributed by atoms with Gasteiger partial charge in [-0.25, -0.2) is 0 Å². The van der Waals surface area contributed by atoms with Crippen molar-refractivity contribution in [3.05, 3.63) is 94.0 Å². The molecule has 3 rings (SSSR count). The molecular formula is C25H26BrNO4. The Morgan fingerprint density at radius 3 is 1.94 bits per heavy atom. The van der Waals surface area contributed by atoms with Gasteiger partial charge in [0.2, 0.25) is 0 Å². The third-order valence-electron chi connectivity index (χ3n) is 5.09.